The lowest BCUT2D eigenvalue weighted by Gasteiger charge is -2.21. The first kappa shape index (κ1) is 65.3. The monoisotopic (exact) mass is 1350 g/mol. The van der Waals surface area contributed by atoms with Crippen molar-refractivity contribution in [1.82, 2.24) is 0 Å². The van der Waals surface area contributed by atoms with Gasteiger partial charge in [-0.3, -0.25) is 4.89 Å². The summed E-state index contributed by atoms with van der Waals surface area (Å²) in [7, 11) is -6.03. The second-order valence-corrected chi connectivity index (χ2v) is 22.4. The van der Waals surface area contributed by atoms with E-state index in [-0.39, 0.29) is 94.3 Å². The highest BCUT2D eigenvalue weighted by atomic mass is 31.2. The van der Waals surface area contributed by atoms with E-state index < -0.39 is 191 Å². The number of halogens is 24. The molecule has 93 heavy (non-hydrogen) atoms. The number of hydrogen-bond acceptors (Lipinski definition) is 3. The molecule has 29 heteroatoms. The summed E-state index contributed by atoms with van der Waals surface area (Å²) in [5.74, 6) is -1.71. The summed E-state index contributed by atoms with van der Waals surface area (Å²) in [4.78, 5) is 12.0. The Kier molecular flexibility index (Phi) is 15.4. The fraction of sp³-hybridized carbons (Fsp3) is 0.125. The zero-order valence-electron chi connectivity index (χ0n) is 45.4. The number of phosphoric acid groups is 1. The maximum Gasteiger partial charge on any atom is 0.584 e. The molecule has 1 N–H and O–H groups in total. The number of hydrogen-bond donors (Lipinski definition) is 1. The van der Waals surface area contributed by atoms with Gasteiger partial charge in [-0.25, -0.2) is 4.57 Å². The molecule has 10 aromatic rings. The van der Waals surface area contributed by atoms with E-state index in [0.29, 0.717) is 12.1 Å². The van der Waals surface area contributed by atoms with Gasteiger partial charge in [0.25, 0.3) is 0 Å². The van der Waals surface area contributed by atoms with Crippen LogP contribution in [0.25, 0.3) is 99.4 Å². The van der Waals surface area contributed by atoms with Crippen molar-refractivity contribution in [2.24, 2.45) is 0 Å². The normalized spacial score (nSPS) is 14.2. The van der Waals surface area contributed by atoms with Gasteiger partial charge in [0.15, 0.2) is 0 Å². The number of phosphoric ester groups is 1. The highest BCUT2D eigenvalue weighted by Gasteiger charge is 2.43. The topological polar surface area (TPSA) is 55.8 Å². The maximum absolute atomic E-state index is 14.9. The Hall–Kier alpha value is -9.17. The Morgan fingerprint density at radius 1 is 0.258 bits per heavy atom. The lowest BCUT2D eigenvalue weighted by atomic mass is 9.84. The molecule has 1 aliphatic heterocycles. The molecule has 1 aliphatic rings. The fourth-order valence-electron chi connectivity index (χ4n) is 10.7. The molecule has 482 valence electrons. The second-order valence-electron chi connectivity index (χ2n) is 21.1. The Balaban J connectivity index is 1.27. The fourth-order valence-corrected chi connectivity index (χ4v) is 11.6. The first-order valence-corrected chi connectivity index (χ1v) is 27.6. The molecule has 0 saturated carbocycles. The van der Waals surface area contributed by atoms with Crippen LogP contribution in [-0.4, -0.2) is 4.89 Å². The van der Waals surface area contributed by atoms with Gasteiger partial charge in [-0.15, -0.1) is 0 Å². The highest BCUT2D eigenvalue weighted by molar-refractivity contribution is 7.48. The first-order chi connectivity index (χ1) is 42.8. The third kappa shape index (κ3) is 13.2. The lowest BCUT2D eigenvalue weighted by Crippen LogP contribution is -2.11. The number of fused-ring (bicyclic) bond motifs is 7. The summed E-state index contributed by atoms with van der Waals surface area (Å²) in [6, 6.07) is 17.7. The molecular weight excluding hydrogens is 1320 g/mol. The minimum Gasteiger partial charge on any atom is -0.394 e. The van der Waals surface area contributed by atoms with Crippen molar-refractivity contribution in [1.29, 1.82) is 0 Å². The number of benzene rings is 10. The van der Waals surface area contributed by atoms with Crippen LogP contribution in [-0.2, 0) is 54.0 Å². The standard InChI is InChI=1S/C64H29F24O4P/c65-57(66,67)41-15-35(16-42(25-41)58(68,69)70)31-9-32(36-17-43(59(71,72)73)26-44(18-36)60(74,75)76)12-39(11-31)51-23-29-5-1-3-7-49(29)53-54-50-8-4-2-6-30(50)24-52(56(54)92-93(89,90)91-55(51)53)40-13-33(37-19-45(61(77,78)79)27-46(20-37)62(80,81)82)10-34(14-40)38-21-47(63(83,84)85)28-48(22-38)64(86,87)88/h1-28H,(H,89,90). The molecule has 0 aromatic heterocycles. The van der Waals surface area contributed by atoms with E-state index in [4.69, 9.17) is 9.05 Å². The molecule has 0 saturated heterocycles. The van der Waals surface area contributed by atoms with E-state index in [1.165, 1.54) is 48.5 Å². The van der Waals surface area contributed by atoms with Gasteiger partial charge in [-0.1, -0.05) is 48.5 Å². The van der Waals surface area contributed by atoms with Crippen LogP contribution in [0.15, 0.2) is 170 Å². The molecule has 0 radical (unpaired) electrons. The smallest absolute Gasteiger partial charge is 0.394 e. The zero-order valence-corrected chi connectivity index (χ0v) is 46.3. The van der Waals surface area contributed by atoms with Crippen LogP contribution in [0.1, 0.15) is 44.5 Å². The van der Waals surface area contributed by atoms with E-state index in [2.05, 4.69) is 0 Å². The summed E-state index contributed by atoms with van der Waals surface area (Å²) >= 11 is 0. The second kappa shape index (κ2) is 22.0. The average molecular weight is 1350 g/mol. The molecular formula is C64H29F24O4P. The van der Waals surface area contributed by atoms with E-state index in [0.717, 1.165) is 36.4 Å². The molecule has 0 amide bonds. The van der Waals surface area contributed by atoms with Crippen LogP contribution in [0.4, 0.5) is 105 Å². The highest BCUT2D eigenvalue weighted by Crippen LogP contribution is 2.62. The van der Waals surface area contributed by atoms with E-state index >= 15 is 0 Å². The van der Waals surface area contributed by atoms with Gasteiger partial charge in [0.05, 0.1) is 44.5 Å². The van der Waals surface area contributed by atoms with Crippen molar-refractivity contribution in [2.45, 2.75) is 49.4 Å². The Morgan fingerprint density at radius 2 is 0.452 bits per heavy atom. The van der Waals surface area contributed by atoms with Crippen LogP contribution in [0.5, 0.6) is 11.5 Å². The molecule has 0 unspecified atom stereocenters. The molecule has 11 rings (SSSR count). The van der Waals surface area contributed by atoms with Gasteiger partial charge in [0, 0.05) is 22.3 Å². The van der Waals surface area contributed by atoms with Gasteiger partial charge < -0.3 is 9.05 Å². The van der Waals surface area contributed by atoms with Crippen LogP contribution in [0, 0.1) is 0 Å². The van der Waals surface area contributed by atoms with Crippen LogP contribution in [0.3, 0.4) is 0 Å². The van der Waals surface area contributed by atoms with Crippen molar-refractivity contribution < 1.29 is 124 Å². The summed E-state index contributed by atoms with van der Waals surface area (Å²) in [5.41, 5.74) is -25.8. The SMILES string of the molecule is O=P1(O)Oc2c(-c3cc(-c4cc(C(F)(F)F)cc(C(F)(F)F)c4)cc(-c4cc(C(F)(F)F)cc(C(F)(F)F)c4)c3)cc3ccccc3c2-c2c(c(-c3cc(-c4cc(C(F)(F)F)cc(C(F)(F)F)c4)cc(-c4cc(C(F)(F)F)cc(C(F)(F)F)c4)c3)cc3ccccc23)O1. The Labute approximate surface area is 505 Å². The van der Waals surface area contributed by atoms with Crippen molar-refractivity contribution in [3.8, 4) is 89.4 Å². The zero-order chi connectivity index (χ0) is 67.9. The quantitative estimate of drug-likeness (QED) is 0.133. The molecule has 0 spiro atoms. The van der Waals surface area contributed by atoms with Gasteiger partial charge in [-0.05, 0) is 199 Å². The van der Waals surface area contributed by atoms with E-state index in [9.17, 15) is 115 Å². The molecule has 0 fully saturated rings. The largest absolute Gasteiger partial charge is 0.584 e. The van der Waals surface area contributed by atoms with Crippen molar-refractivity contribution in [3.63, 3.8) is 0 Å². The Morgan fingerprint density at radius 3 is 0.667 bits per heavy atom. The summed E-state index contributed by atoms with van der Waals surface area (Å²) < 4.78 is 374. The number of alkyl halides is 24. The molecule has 4 nitrogen and oxygen atoms in total. The maximum atomic E-state index is 14.9. The molecule has 1 heterocycles. The predicted molar refractivity (Wildman–Crippen MR) is 291 cm³/mol. The van der Waals surface area contributed by atoms with Crippen LogP contribution in [0.2, 0.25) is 0 Å². The summed E-state index contributed by atoms with van der Waals surface area (Å²) in [6.45, 7) is 0. The van der Waals surface area contributed by atoms with Crippen molar-refractivity contribution in [2.75, 3.05) is 0 Å². The van der Waals surface area contributed by atoms with Crippen LogP contribution < -0.4 is 9.05 Å². The molecule has 10 aromatic carbocycles. The number of rotatable bonds is 6. The first-order valence-electron chi connectivity index (χ1n) is 26.1. The molecule has 0 atom stereocenters. The van der Waals surface area contributed by atoms with Crippen LogP contribution >= 0.6 is 7.82 Å². The van der Waals surface area contributed by atoms with Crippen molar-refractivity contribution >= 4 is 29.4 Å². The van der Waals surface area contributed by atoms with E-state index in [1.54, 1.807) is 0 Å². The Bertz CT molecular complexity index is 4130. The van der Waals surface area contributed by atoms with Crippen molar-refractivity contribution in [3.05, 3.63) is 214 Å². The lowest BCUT2D eigenvalue weighted by molar-refractivity contribution is -0.144. The molecule has 0 aliphatic carbocycles. The molecule has 0 bridgehead atoms. The van der Waals surface area contributed by atoms with E-state index in [1.807, 2.05) is 0 Å². The minimum absolute atomic E-state index is 0.00641. The third-order valence-electron chi connectivity index (χ3n) is 14.8. The van der Waals surface area contributed by atoms with Gasteiger partial charge in [0.1, 0.15) is 11.5 Å². The van der Waals surface area contributed by atoms with Gasteiger partial charge >= 0.3 is 57.2 Å². The summed E-state index contributed by atoms with van der Waals surface area (Å²) in [6.07, 6.45) is -44.4. The minimum atomic E-state index is -6.03. The average Bonchev–Trinajstić information content (AvgIpc) is 1.69. The van der Waals surface area contributed by atoms with Gasteiger partial charge in [0.2, 0.25) is 0 Å². The summed E-state index contributed by atoms with van der Waals surface area (Å²) in [5, 5.41) is -0.117. The van der Waals surface area contributed by atoms with Gasteiger partial charge in [-0.2, -0.15) is 105 Å². The predicted octanol–water partition coefficient (Wildman–Crippen LogP) is 23.7. The third-order valence-corrected chi connectivity index (χ3v) is 15.7.